The van der Waals surface area contributed by atoms with E-state index in [0.717, 1.165) is 46.2 Å². The molecule has 30 heavy (non-hydrogen) atoms. The van der Waals surface area contributed by atoms with Crippen LogP contribution in [0.2, 0.25) is 0 Å². The topological polar surface area (TPSA) is 72.8 Å². The summed E-state index contributed by atoms with van der Waals surface area (Å²) in [5, 5.41) is 22.8. The first-order chi connectivity index (χ1) is 14.5. The Morgan fingerprint density at radius 2 is 1.80 bits per heavy atom. The molecule has 5 nitrogen and oxygen atoms in total. The highest BCUT2D eigenvalue weighted by Crippen LogP contribution is 2.44. The van der Waals surface area contributed by atoms with Crippen LogP contribution in [-0.2, 0) is 17.3 Å². The molecule has 1 atom stereocenters. The maximum atomic E-state index is 13.1. The van der Waals surface area contributed by atoms with Gasteiger partial charge in [0, 0.05) is 18.7 Å². The van der Waals surface area contributed by atoms with Crippen LogP contribution in [0.15, 0.2) is 64.4 Å². The number of para-hydroxylation sites is 1. The average molecular weight is 423 g/mol. The van der Waals surface area contributed by atoms with Gasteiger partial charge < -0.3 is 20.4 Å². The van der Waals surface area contributed by atoms with Crippen molar-refractivity contribution in [3.05, 3.63) is 71.3 Å². The predicted octanol–water partition coefficient (Wildman–Crippen LogP) is 4.51. The van der Waals surface area contributed by atoms with Crippen molar-refractivity contribution in [3.8, 4) is 11.5 Å². The van der Waals surface area contributed by atoms with Gasteiger partial charge in [-0.05, 0) is 74.3 Å². The van der Waals surface area contributed by atoms with Crippen LogP contribution in [-0.4, -0.2) is 27.5 Å². The van der Waals surface area contributed by atoms with Gasteiger partial charge >= 0.3 is 0 Å². The number of phenolic OH excluding ortho intramolecular Hbond substituents is 2. The minimum Gasteiger partial charge on any atom is -0.508 e. The van der Waals surface area contributed by atoms with Gasteiger partial charge in [0.2, 0.25) is 0 Å². The molecular weight excluding hydrogens is 396 g/mol. The highest BCUT2D eigenvalue weighted by atomic mass is 32.2. The molecule has 1 aliphatic rings. The van der Waals surface area contributed by atoms with Gasteiger partial charge in [0.1, 0.15) is 11.5 Å². The lowest BCUT2D eigenvalue weighted by Crippen LogP contribution is -2.28. The molecule has 1 aliphatic heterocycles. The van der Waals surface area contributed by atoms with Crippen LogP contribution in [0.25, 0.3) is 0 Å². The maximum absolute atomic E-state index is 13.1. The lowest BCUT2D eigenvalue weighted by Gasteiger charge is -2.34. The number of aryl methyl sites for hydroxylation is 1. The fourth-order valence-electron chi connectivity index (χ4n) is 3.87. The standard InChI is InChI=1S/C24H26N2O3S/c1-16-8-11-23-24(17(16)2)26(20-6-3-4-7-22(20)30(23)29)13-5-12-25-15-18-14-19(27)9-10-21(18)28/h3-4,6-11,14,25,27-28H,5,12-13,15H2,1-2H3. The van der Waals surface area contributed by atoms with E-state index in [1.807, 2.05) is 36.4 Å². The predicted molar refractivity (Wildman–Crippen MR) is 120 cm³/mol. The molecule has 0 aliphatic carbocycles. The number of rotatable bonds is 6. The molecule has 0 spiro atoms. The molecule has 0 saturated carbocycles. The lowest BCUT2D eigenvalue weighted by molar-refractivity contribution is 0.451. The number of phenols is 2. The smallest absolute Gasteiger partial charge is 0.120 e. The van der Waals surface area contributed by atoms with Gasteiger partial charge in [-0.1, -0.05) is 18.2 Å². The average Bonchev–Trinajstić information content (AvgIpc) is 2.74. The number of fused-ring (bicyclic) bond motifs is 2. The van der Waals surface area contributed by atoms with Gasteiger partial charge in [-0.2, -0.15) is 0 Å². The number of benzene rings is 3. The maximum Gasteiger partial charge on any atom is 0.120 e. The SMILES string of the molecule is Cc1ccc2c(c1C)N(CCCNCc1cc(O)ccc1O)c1ccccc1S2=O. The third-order valence-corrected chi connectivity index (χ3v) is 7.08. The Morgan fingerprint density at radius 3 is 2.63 bits per heavy atom. The van der Waals surface area contributed by atoms with E-state index >= 15 is 0 Å². The summed E-state index contributed by atoms with van der Waals surface area (Å²) < 4.78 is 13.1. The highest BCUT2D eigenvalue weighted by molar-refractivity contribution is 7.85. The van der Waals surface area contributed by atoms with Crippen molar-refractivity contribution in [3.63, 3.8) is 0 Å². The van der Waals surface area contributed by atoms with Crippen molar-refractivity contribution in [2.24, 2.45) is 0 Å². The first-order valence-corrected chi connectivity index (χ1v) is 11.2. The highest BCUT2D eigenvalue weighted by Gasteiger charge is 2.29. The van der Waals surface area contributed by atoms with Crippen molar-refractivity contribution in [1.82, 2.24) is 5.32 Å². The summed E-state index contributed by atoms with van der Waals surface area (Å²) in [5.41, 5.74) is 5.08. The van der Waals surface area contributed by atoms with Crippen molar-refractivity contribution in [1.29, 1.82) is 0 Å². The summed E-state index contributed by atoms with van der Waals surface area (Å²) in [5.74, 6) is 0.317. The van der Waals surface area contributed by atoms with E-state index in [1.54, 1.807) is 6.07 Å². The Labute approximate surface area is 179 Å². The van der Waals surface area contributed by atoms with Gasteiger partial charge in [-0.25, -0.2) is 4.21 Å². The summed E-state index contributed by atoms with van der Waals surface area (Å²) in [4.78, 5) is 4.00. The number of hydrogen-bond acceptors (Lipinski definition) is 5. The minimum absolute atomic E-state index is 0.143. The quantitative estimate of drug-likeness (QED) is 0.403. The van der Waals surface area contributed by atoms with Gasteiger partial charge in [-0.15, -0.1) is 0 Å². The Kier molecular flexibility index (Phi) is 5.79. The number of aromatic hydroxyl groups is 2. The summed E-state index contributed by atoms with van der Waals surface area (Å²) in [6.45, 7) is 6.19. The molecule has 0 aromatic heterocycles. The van der Waals surface area contributed by atoms with E-state index in [0.29, 0.717) is 12.1 Å². The third kappa shape index (κ3) is 3.80. The summed E-state index contributed by atoms with van der Waals surface area (Å²) in [6, 6.07) is 16.5. The second kappa shape index (κ2) is 8.50. The van der Waals surface area contributed by atoms with Crippen LogP contribution in [0.1, 0.15) is 23.1 Å². The summed E-state index contributed by atoms with van der Waals surface area (Å²) in [7, 11) is -1.18. The molecule has 3 N–H and O–H groups in total. The van der Waals surface area contributed by atoms with Crippen LogP contribution in [0.5, 0.6) is 11.5 Å². The van der Waals surface area contributed by atoms with E-state index in [9.17, 15) is 14.4 Å². The largest absolute Gasteiger partial charge is 0.508 e. The summed E-state index contributed by atoms with van der Waals surface area (Å²) in [6.07, 6.45) is 0.868. The molecule has 6 heteroatoms. The van der Waals surface area contributed by atoms with E-state index in [-0.39, 0.29) is 11.5 Å². The molecule has 0 bridgehead atoms. The number of anilines is 2. The lowest BCUT2D eigenvalue weighted by atomic mass is 10.1. The van der Waals surface area contributed by atoms with E-state index < -0.39 is 10.8 Å². The molecule has 0 saturated heterocycles. The zero-order chi connectivity index (χ0) is 21.3. The molecule has 3 aromatic rings. The Hall–Kier alpha value is -2.83. The Balaban J connectivity index is 1.50. The fraction of sp³-hybridized carbons (Fsp3) is 0.250. The Bertz CT molecular complexity index is 1110. The molecule has 0 fully saturated rings. The molecule has 0 radical (unpaired) electrons. The molecule has 3 aromatic carbocycles. The van der Waals surface area contributed by atoms with Crippen LogP contribution < -0.4 is 10.2 Å². The van der Waals surface area contributed by atoms with Crippen molar-refractivity contribution < 1.29 is 14.4 Å². The second-order valence-corrected chi connectivity index (χ2v) is 9.00. The van der Waals surface area contributed by atoms with E-state index in [2.05, 4.69) is 24.1 Å². The van der Waals surface area contributed by atoms with Crippen LogP contribution in [0.3, 0.4) is 0 Å². The zero-order valence-electron chi connectivity index (χ0n) is 17.2. The fourth-order valence-corrected chi connectivity index (χ4v) is 5.31. The number of nitrogens with one attached hydrogen (secondary N) is 1. The summed E-state index contributed by atoms with van der Waals surface area (Å²) >= 11 is 0. The molecule has 0 amide bonds. The molecule has 156 valence electrons. The molecular formula is C24H26N2O3S. The Morgan fingerprint density at radius 1 is 1.00 bits per heavy atom. The number of hydrogen-bond donors (Lipinski definition) is 3. The van der Waals surface area contributed by atoms with E-state index in [1.165, 1.54) is 17.7 Å². The monoisotopic (exact) mass is 422 g/mol. The molecule has 1 unspecified atom stereocenters. The van der Waals surface area contributed by atoms with Crippen LogP contribution >= 0.6 is 0 Å². The van der Waals surface area contributed by atoms with Gasteiger partial charge in [0.05, 0.1) is 32.0 Å². The first kappa shape index (κ1) is 20.4. The van der Waals surface area contributed by atoms with Crippen LogP contribution in [0.4, 0.5) is 11.4 Å². The van der Waals surface area contributed by atoms with Crippen molar-refractivity contribution >= 4 is 22.2 Å². The van der Waals surface area contributed by atoms with Gasteiger partial charge in [0.25, 0.3) is 0 Å². The van der Waals surface area contributed by atoms with Crippen LogP contribution in [0, 0.1) is 13.8 Å². The number of nitrogens with zero attached hydrogens (tertiary/aromatic N) is 1. The second-order valence-electron chi connectivity index (χ2n) is 7.59. The molecule has 4 rings (SSSR count). The first-order valence-electron chi connectivity index (χ1n) is 10.1. The van der Waals surface area contributed by atoms with E-state index in [4.69, 9.17) is 0 Å². The normalized spacial score (nSPS) is 15.0. The molecule has 1 heterocycles. The van der Waals surface area contributed by atoms with Crippen molar-refractivity contribution in [2.75, 3.05) is 18.0 Å². The van der Waals surface area contributed by atoms with Gasteiger partial charge in [0.15, 0.2) is 0 Å². The van der Waals surface area contributed by atoms with Crippen molar-refractivity contribution in [2.45, 2.75) is 36.6 Å². The zero-order valence-corrected chi connectivity index (χ0v) is 18.0. The third-order valence-electron chi connectivity index (χ3n) is 5.60. The minimum atomic E-state index is -1.18. The van der Waals surface area contributed by atoms with Gasteiger partial charge in [-0.3, -0.25) is 0 Å².